The molecule has 0 atom stereocenters. The average Bonchev–Trinajstić information content (AvgIpc) is 2.38. The summed E-state index contributed by atoms with van der Waals surface area (Å²) in [5.41, 5.74) is 5.92. The third-order valence-corrected chi connectivity index (χ3v) is 3.70. The van der Waals surface area contributed by atoms with Crippen LogP contribution in [0.15, 0.2) is 16.6 Å². The van der Waals surface area contributed by atoms with Crippen LogP contribution in [0.3, 0.4) is 0 Å². The normalized spacial score (nSPS) is 14.6. The van der Waals surface area contributed by atoms with Crippen LogP contribution in [0.4, 0.5) is 10.1 Å². The molecule has 0 aliphatic carbocycles. The number of nitrogens with one attached hydrogen (secondary N) is 1. The van der Waals surface area contributed by atoms with Gasteiger partial charge in [-0.15, -0.1) is 0 Å². The van der Waals surface area contributed by atoms with Gasteiger partial charge in [0.1, 0.15) is 5.82 Å². The van der Waals surface area contributed by atoms with E-state index in [0.717, 1.165) is 28.8 Å². The van der Waals surface area contributed by atoms with Crippen LogP contribution in [0.1, 0.15) is 11.3 Å². The summed E-state index contributed by atoms with van der Waals surface area (Å²) in [6.45, 7) is 1.11. The lowest BCUT2D eigenvalue weighted by atomic mass is 10.0. The molecular weight excluding hydrogens is 301 g/mol. The van der Waals surface area contributed by atoms with Crippen LogP contribution in [0, 0.1) is 5.82 Å². The molecule has 6 heteroatoms. The van der Waals surface area contributed by atoms with Gasteiger partial charge in [0.2, 0.25) is 0 Å². The maximum Gasteiger partial charge on any atom is 0.139 e. The molecule has 3 N–H and O–H groups in total. The van der Waals surface area contributed by atoms with Crippen LogP contribution in [0.5, 0.6) is 0 Å². The van der Waals surface area contributed by atoms with Gasteiger partial charge in [-0.05, 0) is 22.0 Å². The van der Waals surface area contributed by atoms with Gasteiger partial charge in [-0.2, -0.15) is 0 Å². The third kappa shape index (κ3) is 1.77. The Bertz CT molecular complexity index is 632. The van der Waals surface area contributed by atoms with Crippen LogP contribution in [0.25, 0.3) is 10.9 Å². The fourth-order valence-electron chi connectivity index (χ4n) is 2.22. The molecule has 0 bridgehead atoms. The molecule has 0 spiro atoms. The van der Waals surface area contributed by atoms with Gasteiger partial charge >= 0.3 is 0 Å². The summed E-state index contributed by atoms with van der Waals surface area (Å²) in [6.07, 6.45) is 0.720. The van der Waals surface area contributed by atoms with Gasteiger partial charge in [-0.3, -0.25) is 10.8 Å². The molecule has 0 saturated carbocycles. The maximum absolute atomic E-state index is 13.6. The van der Waals surface area contributed by atoms with Crippen molar-refractivity contribution in [2.45, 2.75) is 13.0 Å². The number of nitrogens with zero attached hydrogens (tertiary/aromatic N) is 1. The van der Waals surface area contributed by atoms with Gasteiger partial charge in [0.15, 0.2) is 0 Å². The standard InChI is InChI=1S/C12H11BrFN3O/c13-8-3-6-11(4-9(8)14)16-10-1-2-18-5-7(10)12(6)17-15/h3-4H,1-2,5,15H2,(H,16,17). The lowest BCUT2D eigenvalue weighted by Crippen LogP contribution is -2.18. The van der Waals surface area contributed by atoms with Crippen LogP contribution in [0.2, 0.25) is 0 Å². The minimum absolute atomic E-state index is 0.329. The second-order valence-corrected chi connectivity index (χ2v) is 5.00. The van der Waals surface area contributed by atoms with Crippen LogP contribution in [-0.2, 0) is 17.8 Å². The molecule has 1 aromatic carbocycles. The number of aromatic nitrogens is 1. The lowest BCUT2D eigenvalue weighted by molar-refractivity contribution is 0.110. The number of benzene rings is 1. The van der Waals surface area contributed by atoms with Gasteiger partial charge in [0.05, 0.1) is 34.6 Å². The summed E-state index contributed by atoms with van der Waals surface area (Å²) in [5, 5.41) is 0.787. The Labute approximate surface area is 111 Å². The van der Waals surface area contributed by atoms with Crippen molar-refractivity contribution in [2.24, 2.45) is 5.84 Å². The Kier molecular flexibility index (Phi) is 2.93. The summed E-state index contributed by atoms with van der Waals surface area (Å²) in [7, 11) is 0. The fourth-order valence-corrected chi connectivity index (χ4v) is 2.56. The number of halogens is 2. The average molecular weight is 312 g/mol. The van der Waals surface area contributed by atoms with Crippen molar-refractivity contribution < 1.29 is 9.13 Å². The molecule has 2 heterocycles. The van der Waals surface area contributed by atoms with Crippen molar-refractivity contribution in [1.29, 1.82) is 0 Å². The minimum Gasteiger partial charge on any atom is -0.376 e. The molecule has 0 fully saturated rings. The molecule has 18 heavy (non-hydrogen) atoms. The van der Waals surface area contributed by atoms with Gasteiger partial charge in [-0.25, -0.2) is 4.39 Å². The van der Waals surface area contributed by atoms with E-state index < -0.39 is 0 Å². The predicted molar refractivity (Wildman–Crippen MR) is 70.6 cm³/mol. The number of hydrazine groups is 1. The molecule has 0 radical (unpaired) electrons. The van der Waals surface area contributed by atoms with E-state index >= 15 is 0 Å². The first-order valence-electron chi connectivity index (χ1n) is 5.55. The number of ether oxygens (including phenoxy) is 1. The first-order valence-corrected chi connectivity index (χ1v) is 6.35. The Morgan fingerprint density at radius 1 is 1.44 bits per heavy atom. The Hall–Kier alpha value is -1.24. The highest BCUT2D eigenvalue weighted by molar-refractivity contribution is 9.10. The van der Waals surface area contributed by atoms with E-state index in [-0.39, 0.29) is 5.82 Å². The number of nitrogens with two attached hydrogens (primary N) is 1. The predicted octanol–water partition coefficient (Wildman–Crippen LogP) is 2.49. The Balaban J connectivity index is 2.36. The maximum atomic E-state index is 13.6. The summed E-state index contributed by atoms with van der Waals surface area (Å²) in [4.78, 5) is 4.49. The zero-order chi connectivity index (χ0) is 12.7. The molecule has 1 aliphatic rings. The Morgan fingerprint density at radius 2 is 2.28 bits per heavy atom. The second kappa shape index (κ2) is 4.46. The van der Waals surface area contributed by atoms with Gasteiger partial charge < -0.3 is 10.2 Å². The van der Waals surface area contributed by atoms with Crippen molar-refractivity contribution in [3.63, 3.8) is 0 Å². The molecule has 3 rings (SSSR count). The highest BCUT2D eigenvalue weighted by Crippen LogP contribution is 2.33. The first kappa shape index (κ1) is 11.8. The van der Waals surface area contributed by atoms with Crippen molar-refractivity contribution in [3.05, 3.63) is 33.7 Å². The van der Waals surface area contributed by atoms with Crippen LogP contribution >= 0.6 is 15.9 Å². The fraction of sp³-hybridized carbons (Fsp3) is 0.250. The molecule has 94 valence electrons. The van der Waals surface area contributed by atoms with E-state index in [9.17, 15) is 4.39 Å². The van der Waals surface area contributed by atoms with E-state index in [1.807, 2.05) is 0 Å². The van der Waals surface area contributed by atoms with Crippen LogP contribution < -0.4 is 11.3 Å². The smallest absolute Gasteiger partial charge is 0.139 e. The monoisotopic (exact) mass is 311 g/mol. The van der Waals surface area contributed by atoms with Crippen molar-refractivity contribution >= 4 is 32.5 Å². The van der Waals surface area contributed by atoms with E-state index in [0.29, 0.717) is 23.2 Å². The number of rotatable bonds is 1. The number of hydrogen-bond donors (Lipinski definition) is 2. The van der Waals surface area contributed by atoms with Crippen LogP contribution in [-0.4, -0.2) is 11.6 Å². The molecular formula is C12H11BrFN3O. The summed E-state index contributed by atoms with van der Waals surface area (Å²) < 4.78 is 19.4. The van der Waals surface area contributed by atoms with E-state index in [1.165, 1.54) is 6.07 Å². The molecule has 0 unspecified atom stereocenters. The van der Waals surface area contributed by atoms with Crippen molar-refractivity contribution in [3.8, 4) is 0 Å². The zero-order valence-corrected chi connectivity index (χ0v) is 11.1. The van der Waals surface area contributed by atoms with Gasteiger partial charge in [-0.1, -0.05) is 0 Å². The molecule has 0 amide bonds. The summed E-state index contributed by atoms with van der Waals surface area (Å²) >= 11 is 3.17. The molecule has 4 nitrogen and oxygen atoms in total. The highest BCUT2D eigenvalue weighted by Gasteiger charge is 2.19. The van der Waals surface area contributed by atoms with Crippen molar-refractivity contribution in [2.75, 3.05) is 12.0 Å². The summed E-state index contributed by atoms with van der Waals surface area (Å²) in [6, 6.07) is 3.09. The van der Waals surface area contributed by atoms with E-state index in [2.05, 4.69) is 26.3 Å². The Morgan fingerprint density at radius 3 is 3.06 bits per heavy atom. The lowest BCUT2D eigenvalue weighted by Gasteiger charge is -2.20. The highest BCUT2D eigenvalue weighted by atomic mass is 79.9. The SMILES string of the molecule is NNc1c2c(nc3cc(F)c(Br)cc13)CCOC2. The molecule has 1 aliphatic heterocycles. The van der Waals surface area contributed by atoms with E-state index in [1.54, 1.807) is 6.07 Å². The largest absolute Gasteiger partial charge is 0.376 e. The molecule has 0 saturated heterocycles. The molecule has 1 aromatic heterocycles. The number of anilines is 1. The quantitative estimate of drug-likeness (QED) is 0.627. The second-order valence-electron chi connectivity index (χ2n) is 4.14. The van der Waals surface area contributed by atoms with E-state index in [4.69, 9.17) is 10.6 Å². The molecule has 2 aromatic rings. The minimum atomic E-state index is -0.329. The number of fused-ring (bicyclic) bond motifs is 2. The summed E-state index contributed by atoms with van der Waals surface area (Å²) in [5.74, 6) is 5.26. The van der Waals surface area contributed by atoms with Gasteiger partial charge in [0.25, 0.3) is 0 Å². The van der Waals surface area contributed by atoms with Crippen molar-refractivity contribution in [1.82, 2.24) is 4.98 Å². The zero-order valence-electron chi connectivity index (χ0n) is 9.46. The topological polar surface area (TPSA) is 60.2 Å². The number of nitrogen functional groups attached to an aromatic ring is 1. The number of pyridine rings is 1. The van der Waals surface area contributed by atoms with Gasteiger partial charge in [0, 0.05) is 23.4 Å². The first-order chi connectivity index (χ1) is 8.70. The third-order valence-electron chi connectivity index (χ3n) is 3.09. The number of hydrogen-bond acceptors (Lipinski definition) is 4.